The monoisotopic (exact) mass is 207 g/mol. The summed E-state index contributed by atoms with van der Waals surface area (Å²) in [6, 6.07) is 2.14. The highest BCUT2D eigenvalue weighted by molar-refractivity contribution is 5.20. The molecule has 0 spiro atoms. The Kier molecular flexibility index (Phi) is 2.87. The van der Waals surface area contributed by atoms with E-state index >= 15 is 0 Å². The predicted octanol–water partition coefficient (Wildman–Crippen LogP) is 3.32. The van der Waals surface area contributed by atoms with Crippen molar-refractivity contribution in [1.29, 1.82) is 0 Å². The zero-order chi connectivity index (χ0) is 10.9. The van der Waals surface area contributed by atoms with Gasteiger partial charge in [0.15, 0.2) is 0 Å². The molecule has 0 saturated heterocycles. The molecule has 0 aliphatic heterocycles. The Bertz CT molecular complexity index is 331. The highest BCUT2D eigenvalue weighted by atomic mass is 16.3. The second-order valence-electron chi connectivity index (χ2n) is 4.78. The third kappa shape index (κ3) is 2.10. The van der Waals surface area contributed by atoms with E-state index in [4.69, 9.17) is 4.42 Å². The van der Waals surface area contributed by atoms with Gasteiger partial charge in [0, 0.05) is 17.6 Å². The molecule has 15 heavy (non-hydrogen) atoms. The Morgan fingerprint density at radius 3 is 2.53 bits per heavy atom. The van der Waals surface area contributed by atoms with Crippen LogP contribution in [0.5, 0.6) is 0 Å². The lowest BCUT2D eigenvalue weighted by atomic mass is 9.75. The van der Waals surface area contributed by atoms with Crippen molar-refractivity contribution in [2.45, 2.75) is 58.5 Å². The van der Waals surface area contributed by atoms with Gasteiger partial charge in [-0.15, -0.1) is 0 Å². The summed E-state index contributed by atoms with van der Waals surface area (Å²) in [6.07, 6.45) is 5.28. The fourth-order valence-corrected chi connectivity index (χ4v) is 2.40. The number of rotatable bonds is 4. The SMILES string of the molecule is CCC1(NCc2cc(C)oc2C)CCC1. The van der Waals surface area contributed by atoms with Crippen LogP contribution in [0.2, 0.25) is 0 Å². The van der Waals surface area contributed by atoms with Gasteiger partial charge in [-0.3, -0.25) is 0 Å². The summed E-state index contributed by atoms with van der Waals surface area (Å²) in [6.45, 7) is 7.29. The second kappa shape index (κ2) is 4.01. The largest absolute Gasteiger partial charge is 0.466 e. The maximum absolute atomic E-state index is 5.53. The number of nitrogens with one attached hydrogen (secondary N) is 1. The van der Waals surface area contributed by atoms with E-state index in [1.165, 1.54) is 31.2 Å². The van der Waals surface area contributed by atoms with E-state index in [2.05, 4.69) is 18.3 Å². The van der Waals surface area contributed by atoms with Crippen molar-refractivity contribution >= 4 is 0 Å². The van der Waals surface area contributed by atoms with Crippen LogP contribution in [-0.4, -0.2) is 5.54 Å². The van der Waals surface area contributed by atoms with Gasteiger partial charge in [-0.05, 0) is 45.6 Å². The van der Waals surface area contributed by atoms with Crippen LogP contribution in [0, 0.1) is 13.8 Å². The Balaban J connectivity index is 1.95. The standard InChI is InChI=1S/C13H21NO/c1-4-13(6-5-7-13)14-9-12-8-10(2)15-11(12)3/h8,14H,4-7,9H2,1-3H3. The van der Waals surface area contributed by atoms with E-state index in [0.29, 0.717) is 5.54 Å². The first-order valence-corrected chi connectivity index (χ1v) is 5.96. The molecule has 0 unspecified atom stereocenters. The summed E-state index contributed by atoms with van der Waals surface area (Å²) in [5.41, 5.74) is 1.74. The van der Waals surface area contributed by atoms with Gasteiger partial charge in [0.2, 0.25) is 0 Å². The zero-order valence-electron chi connectivity index (χ0n) is 10.0. The maximum Gasteiger partial charge on any atom is 0.105 e. The molecule has 1 heterocycles. The molecule has 1 aliphatic carbocycles. The number of aryl methyl sites for hydroxylation is 2. The van der Waals surface area contributed by atoms with Crippen LogP contribution >= 0.6 is 0 Å². The summed E-state index contributed by atoms with van der Waals surface area (Å²) in [4.78, 5) is 0. The normalized spacial score (nSPS) is 18.9. The Hall–Kier alpha value is -0.760. The highest BCUT2D eigenvalue weighted by Crippen LogP contribution is 2.35. The van der Waals surface area contributed by atoms with Crippen molar-refractivity contribution in [3.05, 3.63) is 23.2 Å². The lowest BCUT2D eigenvalue weighted by Gasteiger charge is -2.42. The van der Waals surface area contributed by atoms with Crippen LogP contribution in [0.3, 0.4) is 0 Å². The minimum absolute atomic E-state index is 0.428. The molecule has 1 saturated carbocycles. The van der Waals surface area contributed by atoms with Crippen LogP contribution in [0.1, 0.15) is 49.7 Å². The van der Waals surface area contributed by atoms with E-state index in [-0.39, 0.29) is 0 Å². The van der Waals surface area contributed by atoms with E-state index in [0.717, 1.165) is 18.1 Å². The highest BCUT2D eigenvalue weighted by Gasteiger charge is 2.34. The molecule has 0 bridgehead atoms. The van der Waals surface area contributed by atoms with Crippen molar-refractivity contribution in [3.8, 4) is 0 Å². The molecule has 0 aromatic carbocycles. The minimum atomic E-state index is 0.428. The van der Waals surface area contributed by atoms with Gasteiger partial charge in [-0.25, -0.2) is 0 Å². The van der Waals surface area contributed by atoms with E-state index in [1.54, 1.807) is 0 Å². The van der Waals surface area contributed by atoms with Gasteiger partial charge in [-0.1, -0.05) is 6.92 Å². The molecule has 1 aromatic heterocycles. The van der Waals surface area contributed by atoms with Gasteiger partial charge in [-0.2, -0.15) is 0 Å². The maximum atomic E-state index is 5.53. The summed E-state index contributed by atoms with van der Waals surface area (Å²) >= 11 is 0. The summed E-state index contributed by atoms with van der Waals surface area (Å²) in [7, 11) is 0. The molecule has 0 amide bonds. The first-order chi connectivity index (χ1) is 7.15. The molecular formula is C13H21NO. The average molecular weight is 207 g/mol. The average Bonchev–Trinajstić information content (AvgIpc) is 2.44. The van der Waals surface area contributed by atoms with Crippen LogP contribution in [-0.2, 0) is 6.54 Å². The van der Waals surface area contributed by atoms with Crippen LogP contribution in [0.25, 0.3) is 0 Å². The molecule has 0 radical (unpaired) electrons. The quantitative estimate of drug-likeness (QED) is 0.819. The number of hydrogen-bond acceptors (Lipinski definition) is 2. The first-order valence-electron chi connectivity index (χ1n) is 5.96. The van der Waals surface area contributed by atoms with Crippen molar-refractivity contribution in [2.75, 3.05) is 0 Å². The second-order valence-corrected chi connectivity index (χ2v) is 4.78. The van der Waals surface area contributed by atoms with Crippen LogP contribution in [0.4, 0.5) is 0 Å². The molecule has 1 aliphatic rings. The van der Waals surface area contributed by atoms with Gasteiger partial charge < -0.3 is 9.73 Å². The van der Waals surface area contributed by atoms with Crippen LogP contribution in [0.15, 0.2) is 10.5 Å². The van der Waals surface area contributed by atoms with E-state index in [1.807, 2.05) is 13.8 Å². The number of furan rings is 1. The lowest BCUT2D eigenvalue weighted by Crippen LogP contribution is -2.49. The molecule has 1 N–H and O–H groups in total. The molecule has 0 atom stereocenters. The Labute approximate surface area is 92.1 Å². The topological polar surface area (TPSA) is 25.2 Å². The van der Waals surface area contributed by atoms with E-state index in [9.17, 15) is 0 Å². The van der Waals surface area contributed by atoms with Crippen molar-refractivity contribution < 1.29 is 4.42 Å². The summed E-state index contributed by atoms with van der Waals surface area (Å²) < 4.78 is 5.53. The molecule has 1 fully saturated rings. The van der Waals surface area contributed by atoms with Gasteiger partial charge >= 0.3 is 0 Å². The van der Waals surface area contributed by atoms with Gasteiger partial charge in [0.1, 0.15) is 11.5 Å². The minimum Gasteiger partial charge on any atom is -0.466 e. The smallest absolute Gasteiger partial charge is 0.105 e. The fraction of sp³-hybridized carbons (Fsp3) is 0.692. The predicted molar refractivity (Wildman–Crippen MR) is 61.9 cm³/mol. The van der Waals surface area contributed by atoms with Crippen molar-refractivity contribution in [2.24, 2.45) is 0 Å². The third-order valence-electron chi connectivity index (χ3n) is 3.79. The summed E-state index contributed by atoms with van der Waals surface area (Å²) in [5.74, 6) is 2.08. The van der Waals surface area contributed by atoms with E-state index < -0.39 is 0 Å². The molecule has 84 valence electrons. The molecule has 1 aromatic rings. The molecule has 2 rings (SSSR count). The lowest BCUT2D eigenvalue weighted by molar-refractivity contribution is 0.175. The zero-order valence-corrected chi connectivity index (χ0v) is 10.0. The Morgan fingerprint density at radius 2 is 2.13 bits per heavy atom. The third-order valence-corrected chi connectivity index (χ3v) is 3.79. The van der Waals surface area contributed by atoms with Crippen molar-refractivity contribution in [3.63, 3.8) is 0 Å². The molecule has 2 nitrogen and oxygen atoms in total. The van der Waals surface area contributed by atoms with Gasteiger partial charge in [0.05, 0.1) is 0 Å². The Morgan fingerprint density at radius 1 is 1.40 bits per heavy atom. The first kappa shape index (κ1) is 10.7. The van der Waals surface area contributed by atoms with Crippen molar-refractivity contribution in [1.82, 2.24) is 5.32 Å². The molecule has 2 heteroatoms. The van der Waals surface area contributed by atoms with Gasteiger partial charge in [0.25, 0.3) is 0 Å². The molecular weight excluding hydrogens is 186 g/mol. The number of hydrogen-bond donors (Lipinski definition) is 1. The van der Waals surface area contributed by atoms with Crippen LogP contribution < -0.4 is 5.32 Å². The fourth-order valence-electron chi connectivity index (χ4n) is 2.40. The summed E-state index contributed by atoms with van der Waals surface area (Å²) in [5, 5.41) is 3.69.